The number of carbonyl (C=O) groups excluding carboxylic acids is 1. The Morgan fingerprint density at radius 2 is 2.11 bits per heavy atom. The molecule has 0 saturated carbocycles. The zero-order valence-corrected chi connectivity index (χ0v) is 10.9. The topological polar surface area (TPSA) is 20.3 Å². The Hall–Kier alpha value is -1.38. The van der Waals surface area contributed by atoms with Crippen LogP contribution < -0.4 is 0 Å². The number of nitrogens with zero attached hydrogens (tertiary/aromatic N) is 1. The summed E-state index contributed by atoms with van der Waals surface area (Å²) in [6, 6.07) is 6.50. The molecule has 0 radical (unpaired) electrons. The van der Waals surface area contributed by atoms with Gasteiger partial charge in [0.15, 0.2) is 0 Å². The van der Waals surface area contributed by atoms with Crippen LogP contribution in [0.4, 0.5) is 4.39 Å². The second-order valence-electron chi connectivity index (χ2n) is 5.19. The SMILES string of the molecule is CC1CCN(C(=O)CCc2cccc(F)c2)CC1. The van der Waals surface area contributed by atoms with E-state index in [1.165, 1.54) is 12.1 Å². The summed E-state index contributed by atoms with van der Waals surface area (Å²) in [7, 11) is 0. The summed E-state index contributed by atoms with van der Waals surface area (Å²) >= 11 is 0. The monoisotopic (exact) mass is 249 g/mol. The largest absolute Gasteiger partial charge is 0.343 e. The fourth-order valence-corrected chi connectivity index (χ4v) is 2.36. The number of hydrogen-bond donors (Lipinski definition) is 0. The number of benzene rings is 1. The molecule has 2 rings (SSSR count). The normalized spacial score (nSPS) is 16.9. The lowest BCUT2D eigenvalue weighted by Gasteiger charge is -2.30. The Morgan fingerprint density at radius 1 is 1.39 bits per heavy atom. The lowest BCUT2D eigenvalue weighted by molar-refractivity contribution is -0.132. The van der Waals surface area contributed by atoms with Crippen LogP contribution in [0.5, 0.6) is 0 Å². The van der Waals surface area contributed by atoms with E-state index in [-0.39, 0.29) is 11.7 Å². The van der Waals surface area contributed by atoms with Gasteiger partial charge >= 0.3 is 0 Å². The third-order valence-electron chi connectivity index (χ3n) is 3.65. The minimum Gasteiger partial charge on any atom is -0.343 e. The van der Waals surface area contributed by atoms with Gasteiger partial charge < -0.3 is 4.90 Å². The second-order valence-corrected chi connectivity index (χ2v) is 5.19. The third kappa shape index (κ3) is 3.56. The molecule has 1 aromatic carbocycles. The van der Waals surface area contributed by atoms with Gasteiger partial charge in [-0.1, -0.05) is 19.1 Å². The molecular weight excluding hydrogens is 229 g/mol. The molecule has 0 aromatic heterocycles. The zero-order valence-electron chi connectivity index (χ0n) is 10.9. The summed E-state index contributed by atoms with van der Waals surface area (Å²) in [5, 5.41) is 0. The summed E-state index contributed by atoms with van der Waals surface area (Å²) in [6.07, 6.45) is 3.32. The molecule has 1 saturated heterocycles. The third-order valence-corrected chi connectivity index (χ3v) is 3.65. The molecule has 0 unspecified atom stereocenters. The lowest BCUT2D eigenvalue weighted by atomic mass is 9.98. The van der Waals surface area contributed by atoms with Crippen molar-refractivity contribution >= 4 is 5.91 Å². The van der Waals surface area contributed by atoms with Crippen molar-refractivity contribution in [3.8, 4) is 0 Å². The van der Waals surface area contributed by atoms with E-state index in [0.29, 0.717) is 12.8 Å². The molecule has 1 aromatic rings. The highest BCUT2D eigenvalue weighted by atomic mass is 19.1. The quantitative estimate of drug-likeness (QED) is 0.806. The highest BCUT2D eigenvalue weighted by molar-refractivity contribution is 5.76. The Kier molecular flexibility index (Phi) is 4.34. The van der Waals surface area contributed by atoms with Gasteiger partial charge in [0.05, 0.1) is 0 Å². The Balaban J connectivity index is 1.81. The van der Waals surface area contributed by atoms with Crippen molar-refractivity contribution in [2.75, 3.05) is 13.1 Å². The molecule has 0 aliphatic carbocycles. The molecule has 3 heteroatoms. The van der Waals surface area contributed by atoms with Crippen molar-refractivity contribution in [3.63, 3.8) is 0 Å². The molecule has 1 fully saturated rings. The highest BCUT2D eigenvalue weighted by Gasteiger charge is 2.19. The molecule has 2 nitrogen and oxygen atoms in total. The predicted octanol–water partition coefficient (Wildman–Crippen LogP) is 3.02. The maximum Gasteiger partial charge on any atom is 0.222 e. The molecule has 1 aliphatic heterocycles. The number of halogens is 1. The molecule has 1 amide bonds. The average molecular weight is 249 g/mol. The Bertz CT molecular complexity index is 411. The van der Waals surface area contributed by atoms with Crippen LogP contribution in [0.25, 0.3) is 0 Å². The predicted molar refractivity (Wildman–Crippen MR) is 69.7 cm³/mol. The number of aryl methyl sites for hydroxylation is 1. The Morgan fingerprint density at radius 3 is 2.78 bits per heavy atom. The summed E-state index contributed by atoms with van der Waals surface area (Å²) in [6.45, 7) is 3.99. The second kappa shape index (κ2) is 5.98. The van der Waals surface area contributed by atoms with E-state index in [0.717, 1.165) is 37.4 Å². The van der Waals surface area contributed by atoms with E-state index in [2.05, 4.69) is 6.92 Å². The summed E-state index contributed by atoms with van der Waals surface area (Å²) < 4.78 is 13.0. The van der Waals surface area contributed by atoms with Gasteiger partial charge in [0.2, 0.25) is 5.91 Å². The van der Waals surface area contributed by atoms with Gasteiger partial charge in [0.1, 0.15) is 5.82 Å². The van der Waals surface area contributed by atoms with Gasteiger partial charge in [-0.25, -0.2) is 4.39 Å². The molecule has 98 valence electrons. The van der Waals surface area contributed by atoms with Crippen molar-refractivity contribution in [1.82, 2.24) is 4.90 Å². The highest BCUT2D eigenvalue weighted by Crippen LogP contribution is 2.17. The van der Waals surface area contributed by atoms with E-state index in [1.807, 2.05) is 11.0 Å². The van der Waals surface area contributed by atoms with Crippen LogP contribution in [0, 0.1) is 11.7 Å². The summed E-state index contributed by atoms with van der Waals surface area (Å²) in [4.78, 5) is 13.9. The van der Waals surface area contributed by atoms with Crippen LogP contribution in [0.2, 0.25) is 0 Å². The summed E-state index contributed by atoms with van der Waals surface area (Å²) in [5.41, 5.74) is 0.897. The van der Waals surface area contributed by atoms with Crippen molar-refractivity contribution in [3.05, 3.63) is 35.6 Å². The van der Waals surface area contributed by atoms with Crippen LogP contribution in [-0.4, -0.2) is 23.9 Å². The minimum atomic E-state index is -0.230. The van der Waals surface area contributed by atoms with E-state index in [1.54, 1.807) is 6.07 Å². The van der Waals surface area contributed by atoms with Crippen molar-refractivity contribution in [2.45, 2.75) is 32.6 Å². The van der Waals surface area contributed by atoms with Crippen molar-refractivity contribution in [2.24, 2.45) is 5.92 Å². The number of rotatable bonds is 3. The first-order valence-corrected chi connectivity index (χ1v) is 6.67. The molecule has 0 bridgehead atoms. The Labute approximate surface area is 108 Å². The lowest BCUT2D eigenvalue weighted by Crippen LogP contribution is -2.37. The maximum absolute atomic E-state index is 13.0. The smallest absolute Gasteiger partial charge is 0.222 e. The van der Waals surface area contributed by atoms with Crippen LogP contribution in [0.15, 0.2) is 24.3 Å². The summed E-state index contributed by atoms with van der Waals surface area (Å²) in [5.74, 6) is 0.704. The number of likely N-dealkylation sites (tertiary alicyclic amines) is 1. The number of piperidine rings is 1. The van der Waals surface area contributed by atoms with Crippen LogP contribution >= 0.6 is 0 Å². The van der Waals surface area contributed by atoms with Gasteiger partial charge in [-0.15, -0.1) is 0 Å². The first-order chi connectivity index (χ1) is 8.65. The first kappa shape index (κ1) is 13.1. The first-order valence-electron chi connectivity index (χ1n) is 6.67. The number of hydrogen-bond acceptors (Lipinski definition) is 1. The molecule has 0 N–H and O–H groups in total. The molecule has 18 heavy (non-hydrogen) atoms. The van der Waals surface area contributed by atoms with E-state index >= 15 is 0 Å². The van der Waals surface area contributed by atoms with Gasteiger partial charge in [-0.05, 0) is 42.9 Å². The molecule has 1 aliphatic rings. The number of carbonyl (C=O) groups is 1. The molecule has 1 heterocycles. The average Bonchev–Trinajstić information content (AvgIpc) is 2.37. The minimum absolute atomic E-state index is 0.200. The molecule has 0 spiro atoms. The van der Waals surface area contributed by atoms with Crippen molar-refractivity contribution < 1.29 is 9.18 Å². The zero-order chi connectivity index (χ0) is 13.0. The van der Waals surface area contributed by atoms with Gasteiger partial charge in [-0.2, -0.15) is 0 Å². The standard InChI is InChI=1S/C15H20FNO/c1-12-7-9-17(10-8-12)15(18)6-5-13-3-2-4-14(16)11-13/h2-4,11-12H,5-10H2,1H3. The van der Waals surface area contributed by atoms with E-state index < -0.39 is 0 Å². The fraction of sp³-hybridized carbons (Fsp3) is 0.533. The van der Waals surface area contributed by atoms with Crippen LogP contribution in [-0.2, 0) is 11.2 Å². The van der Waals surface area contributed by atoms with Gasteiger partial charge in [0.25, 0.3) is 0 Å². The van der Waals surface area contributed by atoms with Crippen LogP contribution in [0.3, 0.4) is 0 Å². The van der Waals surface area contributed by atoms with Crippen LogP contribution in [0.1, 0.15) is 31.7 Å². The van der Waals surface area contributed by atoms with E-state index in [4.69, 9.17) is 0 Å². The van der Waals surface area contributed by atoms with Gasteiger partial charge in [-0.3, -0.25) is 4.79 Å². The molecule has 0 atom stereocenters. The fourth-order valence-electron chi connectivity index (χ4n) is 2.36. The van der Waals surface area contributed by atoms with Crippen molar-refractivity contribution in [1.29, 1.82) is 0 Å². The number of amides is 1. The maximum atomic E-state index is 13.0. The molecular formula is C15H20FNO. The van der Waals surface area contributed by atoms with Gasteiger partial charge in [0, 0.05) is 19.5 Å². The van der Waals surface area contributed by atoms with E-state index in [9.17, 15) is 9.18 Å².